The molecule has 87 heavy (non-hydrogen) atoms. The van der Waals surface area contributed by atoms with E-state index in [1.54, 1.807) is 56.4 Å². The van der Waals surface area contributed by atoms with Crippen molar-refractivity contribution in [3.63, 3.8) is 0 Å². The molecule has 5 heterocycles. The Kier molecular flexibility index (Phi) is 386. The van der Waals surface area contributed by atoms with E-state index < -0.39 is 0 Å². The van der Waals surface area contributed by atoms with Gasteiger partial charge in [0.05, 0.1) is 0 Å². The molecule has 0 aliphatic heterocycles. The van der Waals surface area contributed by atoms with Crippen LogP contribution in [0.25, 0.3) is 0 Å². The van der Waals surface area contributed by atoms with Gasteiger partial charge in [-0.1, -0.05) is 270 Å². The molecule has 0 fully saturated rings. The molecule has 6 rings (SSSR count). The molecule has 0 unspecified atom stereocenters. The zero-order valence-electron chi connectivity index (χ0n) is 65.3. The van der Waals surface area contributed by atoms with E-state index in [2.05, 4.69) is 70.2 Å². The van der Waals surface area contributed by atoms with Gasteiger partial charge in [0.15, 0.2) is 0 Å². The molecular weight excluding hydrogens is 1750 g/mol. The van der Waals surface area contributed by atoms with Crippen LogP contribution in [0, 0.1) is 67.7 Å². The summed E-state index contributed by atoms with van der Waals surface area (Å²) < 4.78 is 2.76. The van der Waals surface area contributed by atoms with Gasteiger partial charge in [-0.05, 0) is 94.6 Å². The van der Waals surface area contributed by atoms with Gasteiger partial charge in [-0.3, -0.25) is 15.0 Å². The molecule has 0 radical (unpaired) electrons. The van der Waals surface area contributed by atoms with E-state index in [9.17, 15) is 0 Å². The van der Waals surface area contributed by atoms with Gasteiger partial charge in [-0.25, -0.2) is 19.9 Å². The van der Waals surface area contributed by atoms with Crippen LogP contribution < -0.4 is 0 Å². The summed E-state index contributed by atoms with van der Waals surface area (Å²) >= 11 is 1.34. The van der Waals surface area contributed by atoms with Crippen LogP contribution in [0.1, 0.15) is 269 Å². The third-order valence-electron chi connectivity index (χ3n) is 5.19. The van der Waals surface area contributed by atoms with Crippen molar-refractivity contribution in [2.75, 3.05) is 0 Å². The van der Waals surface area contributed by atoms with Crippen molar-refractivity contribution in [1.82, 2.24) is 34.9 Å². The van der Waals surface area contributed by atoms with Gasteiger partial charge >= 0.3 is 57.5 Å². The van der Waals surface area contributed by atoms with Gasteiger partial charge in [0.2, 0.25) is 0 Å². The van der Waals surface area contributed by atoms with Gasteiger partial charge in [-0.15, -0.1) is 6.92 Å². The van der Waals surface area contributed by atoms with Crippen LogP contribution in [0.15, 0.2) is 153 Å². The maximum Gasteiger partial charge on any atom is 2.00 e. The molecule has 0 aliphatic rings. The van der Waals surface area contributed by atoms with Crippen molar-refractivity contribution in [3.8, 4) is 0 Å². The Hall–Kier alpha value is -3.29. The first-order valence-electron chi connectivity index (χ1n) is 31.8. The van der Waals surface area contributed by atoms with E-state index in [0.717, 1.165) is 17.0 Å². The van der Waals surface area contributed by atoms with Gasteiger partial charge in [0, 0.05) is 103 Å². The van der Waals surface area contributed by atoms with Crippen LogP contribution in [-0.4, -0.2) is 38.9 Å². The summed E-state index contributed by atoms with van der Waals surface area (Å²) in [5, 5.41) is 0. The summed E-state index contributed by atoms with van der Waals surface area (Å²) in [4.78, 5) is 26.9. The summed E-state index contributed by atoms with van der Waals surface area (Å²) in [6, 6.07) is 25.9. The van der Waals surface area contributed by atoms with Crippen LogP contribution >= 0.6 is 0 Å². The number of nitrogens with zero attached hydrogens (tertiary/aromatic N) is 7. The molecule has 6 aromatic rings. The van der Waals surface area contributed by atoms with Crippen LogP contribution in [0.5, 0.6) is 0 Å². The molecule has 0 saturated heterocycles. The summed E-state index contributed by atoms with van der Waals surface area (Å²) in [6.45, 7) is 84.5. The largest absolute Gasteiger partial charge is 2.00 e. The summed E-state index contributed by atoms with van der Waals surface area (Å²) in [6.07, 6.45) is 25.8. The monoisotopic (exact) mass is 1900 g/mol. The molecule has 514 valence electrons. The first-order valence-corrected chi connectivity index (χ1v) is 33.3. The predicted octanol–water partition coefficient (Wildman–Crippen LogP) is 26.3. The predicted molar refractivity (Wildman–Crippen MR) is 396 cm³/mol. The van der Waals surface area contributed by atoms with Crippen LogP contribution in [0.2, 0.25) is 0 Å². The van der Waals surface area contributed by atoms with Crippen molar-refractivity contribution in [1.29, 1.82) is 0 Å². The molecule has 0 amide bonds. The molecule has 11 heteroatoms. The fourth-order valence-corrected chi connectivity index (χ4v) is 2.68. The van der Waals surface area contributed by atoms with Crippen LogP contribution in [0.3, 0.4) is 0 Å². The van der Waals surface area contributed by atoms with Crippen molar-refractivity contribution in [2.24, 2.45) is 0 Å². The third-order valence-corrected chi connectivity index (χ3v) is 5.93. The number of aryl methyl sites for hydroxylation is 6. The fourth-order valence-electron chi connectivity index (χ4n) is 2.68. The van der Waals surface area contributed by atoms with E-state index in [0.29, 0.717) is 0 Å². The Bertz CT molecular complexity index is 1380. The zero-order valence-corrected chi connectivity index (χ0v) is 77.0. The second-order valence-electron chi connectivity index (χ2n) is 9.95. The molecule has 0 aliphatic carbocycles. The quantitative estimate of drug-likeness (QED) is 0.120. The number of benzene rings is 1. The van der Waals surface area contributed by atoms with E-state index >= 15 is 0 Å². The van der Waals surface area contributed by atoms with Crippen molar-refractivity contribution in [2.45, 2.75) is 277 Å². The number of pyridine rings is 3. The third kappa shape index (κ3) is 237. The number of rotatable bonds is 1. The summed E-state index contributed by atoms with van der Waals surface area (Å²) in [5.74, 6) is 0. The molecule has 0 N–H and O–H groups in total. The molecule has 0 atom stereocenters. The Morgan fingerprint density at radius 3 is 0.816 bits per heavy atom. The number of allylic oxidation sites excluding steroid dienone is 4. The topological polar surface area (TPSA) is 90.2 Å². The van der Waals surface area contributed by atoms with E-state index in [4.69, 9.17) is 6.58 Å². The van der Waals surface area contributed by atoms with Gasteiger partial charge in [-0.2, -0.15) is 0 Å². The first-order chi connectivity index (χ1) is 40.7. The van der Waals surface area contributed by atoms with E-state index in [-0.39, 0.29) is 70.6 Å². The Labute approximate surface area is 606 Å². The molecule has 5 aromatic heterocycles. The Balaban J connectivity index is -0.0000000259. The summed E-state index contributed by atoms with van der Waals surface area (Å²) in [7, 11) is 0. The Morgan fingerprint density at radius 1 is 0.356 bits per heavy atom. The second-order valence-corrected chi connectivity index (χ2v) is 10.7. The van der Waals surface area contributed by atoms with Crippen molar-refractivity contribution >= 4 is 4.06 Å². The summed E-state index contributed by atoms with van der Waals surface area (Å²) in [5.41, 5.74) is 6.97. The molecule has 0 spiro atoms. The number of hydrogen-bond donors (Lipinski definition) is 0. The molecule has 0 saturated carbocycles. The number of aromatic nitrogens is 7. The standard InChI is InChI=1S/C7H8.3C6H7N.2C5H6N2.C5H6.C3H3.16C2H6.CH3.4W/c1-7-5-3-2-4-6-7;1-6-2-4-7-5-3-6;1-6-3-2-4-7-5-6;1-6-4-2-3-5-7-6;1-5-2-6-4-7-3-5;1-5-2-3-6-4-7-5;1-3-5-4-2;1-3-2;16*1-2;;;;;/h2-6H,1H3;3*2-5H,1H3;2*2-4H,1H3;1,3,5H,2H3;1H3;16*1-2H3;1H3;;;;/q;;;;;;-2;-1;;;;;;;;;;;;;;;;;-1;;;;+2. The van der Waals surface area contributed by atoms with E-state index in [1.165, 1.54) is 54.8 Å². The fraction of sp³-hybridized carbons (Fsp3) is 0.526. The SMILES string of the molecule is CC.CC.CC.CC.CC.CC.CC.CC.CC.CC.CC.CC.CC.CC.CC.CC.C[C-]=[C]=[W].Cc1ccccc1.Cc1ccccn1.Cc1cccnc1.Cc1ccncc1.Cc1ccncn1.Cc1cncnc1.[CH-]=CC=[C-]C.[CH3-].[W+2].[W].[W]. The average Bonchev–Trinajstić information content (AvgIpc) is 3.60. The molecule has 7 nitrogen and oxygen atoms in total. The average molecular weight is 1900 g/mol. The molecule has 0 bridgehead atoms. The molecular formula is C76H149N7W4-2. The first kappa shape index (κ1) is 150. The van der Waals surface area contributed by atoms with Crippen LogP contribution in [0.4, 0.5) is 0 Å². The van der Waals surface area contributed by atoms with Crippen LogP contribution in [-0.2, 0) is 82.5 Å². The minimum atomic E-state index is 0. The Morgan fingerprint density at radius 2 is 0.678 bits per heavy atom. The van der Waals surface area contributed by atoms with Gasteiger partial charge < -0.3 is 32.2 Å². The maximum absolute atomic E-state index is 4.90. The molecule has 1 aromatic carbocycles. The smallest absolute Gasteiger partial charge is 0.394 e. The number of hydrogen-bond acceptors (Lipinski definition) is 7. The van der Waals surface area contributed by atoms with Gasteiger partial charge in [0.1, 0.15) is 12.7 Å². The van der Waals surface area contributed by atoms with Crippen molar-refractivity contribution < 1.29 is 82.5 Å². The normalized spacial score (nSPS) is 6.02. The second kappa shape index (κ2) is 223. The zero-order chi connectivity index (χ0) is 70.2. The maximum atomic E-state index is 4.90. The minimum Gasteiger partial charge on any atom is -0.394 e. The van der Waals surface area contributed by atoms with E-state index in [1.807, 2.05) is 336 Å². The van der Waals surface area contributed by atoms with Crippen molar-refractivity contribution in [3.05, 3.63) is 213 Å². The van der Waals surface area contributed by atoms with Gasteiger partial charge in [0.25, 0.3) is 0 Å². The minimum absolute atomic E-state index is 0.